The largest absolute Gasteiger partial charge is 0.300 e. The van der Waals surface area contributed by atoms with Gasteiger partial charge in [-0.25, -0.2) is 0 Å². The van der Waals surface area contributed by atoms with Crippen molar-refractivity contribution in [3.05, 3.63) is 10.4 Å². The molecule has 0 spiro atoms. The highest BCUT2D eigenvalue weighted by atomic mass is 16.1. The Kier molecular flexibility index (Phi) is 10.8. The van der Waals surface area contributed by atoms with Crippen LogP contribution in [-0.4, -0.2) is 12.3 Å². The van der Waals surface area contributed by atoms with E-state index in [9.17, 15) is 4.79 Å². The molecule has 0 amide bonds. The lowest BCUT2D eigenvalue weighted by atomic mass is 10.0. The standard InChI is InChI=1S/C13H25N3O/c1-12(2)8-6-4-3-5-7-9-13(17)10-11-15-16-14/h12H,3-11H2,1-2H3. The molecule has 0 aliphatic carbocycles. The van der Waals surface area contributed by atoms with Crippen LogP contribution in [0.4, 0.5) is 0 Å². The third-order valence-electron chi connectivity index (χ3n) is 2.79. The van der Waals surface area contributed by atoms with Gasteiger partial charge in [-0.15, -0.1) is 0 Å². The van der Waals surface area contributed by atoms with Crippen molar-refractivity contribution in [2.45, 2.75) is 65.2 Å². The van der Waals surface area contributed by atoms with Gasteiger partial charge in [-0.3, -0.25) is 4.79 Å². The number of hydrogen-bond acceptors (Lipinski definition) is 2. The predicted molar refractivity (Wildman–Crippen MR) is 70.8 cm³/mol. The molecule has 0 aromatic rings. The summed E-state index contributed by atoms with van der Waals surface area (Å²) < 4.78 is 0. The number of carbonyl (C=O) groups excluding carboxylic acids is 1. The Balaban J connectivity index is 3.21. The van der Waals surface area contributed by atoms with Gasteiger partial charge in [0.05, 0.1) is 0 Å². The molecule has 0 aliphatic rings. The van der Waals surface area contributed by atoms with Crippen LogP contribution >= 0.6 is 0 Å². The van der Waals surface area contributed by atoms with Crippen LogP contribution in [0.2, 0.25) is 0 Å². The molecule has 0 aromatic carbocycles. The van der Waals surface area contributed by atoms with Crippen molar-refractivity contribution in [3.8, 4) is 0 Å². The monoisotopic (exact) mass is 239 g/mol. The summed E-state index contributed by atoms with van der Waals surface area (Å²) in [6, 6.07) is 0. The van der Waals surface area contributed by atoms with Gasteiger partial charge in [0, 0.05) is 24.3 Å². The Hall–Kier alpha value is -1.02. The number of carbonyl (C=O) groups is 1. The molecule has 0 unspecified atom stereocenters. The molecule has 0 saturated heterocycles. The van der Waals surface area contributed by atoms with E-state index in [0.29, 0.717) is 19.4 Å². The second kappa shape index (κ2) is 11.5. The first kappa shape index (κ1) is 16.0. The van der Waals surface area contributed by atoms with Gasteiger partial charge >= 0.3 is 0 Å². The van der Waals surface area contributed by atoms with E-state index in [2.05, 4.69) is 23.9 Å². The maximum Gasteiger partial charge on any atom is 0.133 e. The van der Waals surface area contributed by atoms with Crippen LogP contribution in [0.25, 0.3) is 10.4 Å². The number of unbranched alkanes of at least 4 members (excludes halogenated alkanes) is 4. The lowest BCUT2D eigenvalue weighted by molar-refractivity contribution is -0.119. The molecule has 17 heavy (non-hydrogen) atoms. The van der Waals surface area contributed by atoms with Crippen molar-refractivity contribution in [2.24, 2.45) is 11.0 Å². The molecule has 98 valence electrons. The quantitative estimate of drug-likeness (QED) is 0.224. The minimum absolute atomic E-state index is 0.222. The van der Waals surface area contributed by atoms with Crippen LogP contribution in [0, 0.1) is 5.92 Å². The first-order valence-corrected chi connectivity index (χ1v) is 6.69. The summed E-state index contributed by atoms with van der Waals surface area (Å²) in [5, 5.41) is 3.36. The topological polar surface area (TPSA) is 65.8 Å². The van der Waals surface area contributed by atoms with Gasteiger partial charge in [-0.2, -0.15) is 0 Å². The molecular formula is C13H25N3O. The minimum atomic E-state index is 0.222. The summed E-state index contributed by atoms with van der Waals surface area (Å²) in [7, 11) is 0. The molecule has 4 heteroatoms. The Morgan fingerprint density at radius 2 is 1.76 bits per heavy atom. The van der Waals surface area contributed by atoms with Crippen molar-refractivity contribution in [3.63, 3.8) is 0 Å². The van der Waals surface area contributed by atoms with Gasteiger partial charge in [-0.05, 0) is 17.9 Å². The van der Waals surface area contributed by atoms with E-state index in [-0.39, 0.29) is 5.78 Å². The van der Waals surface area contributed by atoms with Gasteiger partial charge in [0.25, 0.3) is 0 Å². The van der Waals surface area contributed by atoms with Crippen LogP contribution in [0.5, 0.6) is 0 Å². The van der Waals surface area contributed by atoms with E-state index >= 15 is 0 Å². The predicted octanol–water partition coefficient (Wildman–Crippen LogP) is 4.64. The van der Waals surface area contributed by atoms with Gasteiger partial charge in [0.2, 0.25) is 0 Å². The molecule has 0 radical (unpaired) electrons. The van der Waals surface area contributed by atoms with Crippen molar-refractivity contribution in [1.82, 2.24) is 0 Å². The zero-order valence-electron chi connectivity index (χ0n) is 11.2. The molecular weight excluding hydrogens is 214 g/mol. The summed E-state index contributed by atoms with van der Waals surface area (Å²) in [5.74, 6) is 1.02. The highest BCUT2D eigenvalue weighted by Crippen LogP contribution is 2.11. The van der Waals surface area contributed by atoms with Crippen molar-refractivity contribution < 1.29 is 4.79 Å². The Labute approximate surface area is 104 Å². The lowest BCUT2D eigenvalue weighted by Crippen LogP contribution is -1.99. The highest BCUT2D eigenvalue weighted by molar-refractivity contribution is 5.78. The third kappa shape index (κ3) is 12.9. The molecule has 0 bridgehead atoms. The molecule has 0 fully saturated rings. The van der Waals surface area contributed by atoms with Crippen molar-refractivity contribution in [2.75, 3.05) is 6.54 Å². The Morgan fingerprint density at radius 1 is 1.12 bits per heavy atom. The molecule has 0 saturated carbocycles. The maximum atomic E-state index is 11.3. The minimum Gasteiger partial charge on any atom is -0.300 e. The molecule has 0 rings (SSSR count). The second-order valence-corrected chi connectivity index (χ2v) is 4.94. The highest BCUT2D eigenvalue weighted by Gasteiger charge is 2.00. The number of nitrogens with zero attached hydrogens (tertiary/aromatic N) is 3. The number of hydrogen-bond donors (Lipinski definition) is 0. The fraction of sp³-hybridized carbons (Fsp3) is 0.923. The van der Waals surface area contributed by atoms with Crippen LogP contribution in [0.1, 0.15) is 65.2 Å². The average molecular weight is 239 g/mol. The first-order valence-electron chi connectivity index (χ1n) is 6.69. The normalized spacial score (nSPS) is 10.3. The van der Waals surface area contributed by atoms with Crippen LogP contribution < -0.4 is 0 Å². The number of azide groups is 1. The first-order chi connectivity index (χ1) is 8.16. The lowest BCUT2D eigenvalue weighted by Gasteiger charge is -2.04. The van der Waals surface area contributed by atoms with Crippen LogP contribution in [-0.2, 0) is 4.79 Å². The fourth-order valence-electron chi connectivity index (χ4n) is 1.75. The number of rotatable bonds is 11. The number of ketones is 1. The summed E-state index contributed by atoms with van der Waals surface area (Å²) in [5.41, 5.74) is 8.06. The summed E-state index contributed by atoms with van der Waals surface area (Å²) in [6.07, 6.45) is 8.31. The molecule has 0 aromatic heterocycles. The number of Topliss-reactive ketones (excluding diaryl/α,β-unsaturated/α-hetero) is 1. The molecule has 4 nitrogen and oxygen atoms in total. The van der Waals surface area contributed by atoms with E-state index in [0.717, 1.165) is 18.8 Å². The molecule has 0 heterocycles. The van der Waals surface area contributed by atoms with Gasteiger partial charge < -0.3 is 0 Å². The van der Waals surface area contributed by atoms with Crippen LogP contribution in [0.3, 0.4) is 0 Å². The fourth-order valence-corrected chi connectivity index (χ4v) is 1.75. The second-order valence-electron chi connectivity index (χ2n) is 4.94. The maximum absolute atomic E-state index is 11.3. The van der Waals surface area contributed by atoms with Crippen molar-refractivity contribution >= 4 is 5.78 Å². The molecule has 0 N–H and O–H groups in total. The van der Waals surface area contributed by atoms with Crippen LogP contribution in [0.15, 0.2) is 5.11 Å². The zero-order chi connectivity index (χ0) is 12.9. The third-order valence-corrected chi connectivity index (χ3v) is 2.79. The van der Waals surface area contributed by atoms with E-state index in [1.165, 1.54) is 25.7 Å². The summed E-state index contributed by atoms with van der Waals surface area (Å²) >= 11 is 0. The van der Waals surface area contributed by atoms with E-state index in [1.807, 2.05) is 0 Å². The van der Waals surface area contributed by atoms with E-state index in [1.54, 1.807) is 0 Å². The molecule has 0 aliphatic heterocycles. The molecule has 0 atom stereocenters. The Bertz CT molecular complexity index is 245. The summed E-state index contributed by atoms with van der Waals surface area (Å²) in [4.78, 5) is 13.9. The smallest absolute Gasteiger partial charge is 0.133 e. The zero-order valence-corrected chi connectivity index (χ0v) is 11.2. The van der Waals surface area contributed by atoms with Gasteiger partial charge in [0.15, 0.2) is 0 Å². The SMILES string of the molecule is CC(C)CCCCCCCC(=O)CCN=[N+]=[N-]. The van der Waals surface area contributed by atoms with E-state index < -0.39 is 0 Å². The Morgan fingerprint density at radius 3 is 2.41 bits per heavy atom. The van der Waals surface area contributed by atoms with Crippen molar-refractivity contribution in [1.29, 1.82) is 0 Å². The van der Waals surface area contributed by atoms with E-state index in [4.69, 9.17) is 5.53 Å². The summed E-state index contributed by atoms with van der Waals surface area (Å²) in [6.45, 7) is 4.81. The van der Waals surface area contributed by atoms with Gasteiger partial charge in [-0.1, -0.05) is 51.1 Å². The average Bonchev–Trinajstić information content (AvgIpc) is 2.28. The van der Waals surface area contributed by atoms with Gasteiger partial charge in [0.1, 0.15) is 5.78 Å².